The fourth-order valence-electron chi connectivity index (χ4n) is 4.41. The van der Waals surface area contributed by atoms with Crippen molar-refractivity contribution in [1.29, 1.82) is 0 Å². The fraction of sp³-hybridized carbons (Fsp3) is 0.259. The van der Waals surface area contributed by atoms with Gasteiger partial charge in [-0.25, -0.2) is 4.39 Å². The second-order valence-corrected chi connectivity index (χ2v) is 9.87. The summed E-state index contributed by atoms with van der Waals surface area (Å²) in [5.41, 5.74) is 2.72. The first-order valence-electron chi connectivity index (χ1n) is 11.9. The summed E-state index contributed by atoms with van der Waals surface area (Å²) < 4.78 is 20.0. The summed E-state index contributed by atoms with van der Waals surface area (Å²) in [5, 5.41) is 11.0. The number of hydrogen-bond donors (Lipinski definition) is 2. The Morgan fingerprint density at radius 2 is 1.81 bits per heavy atom. The van der Waals surface area contributed by atoms with Crippen molar-refractivity contribution in [3.8, 4) is 5.75 Å². The first kappa shape index (κ1) is 25.3. The van der Waals surface area contributed by atoms with Gasteiger partial charge in [0.05, 0.1) is 10.5 Å². The van der Waals surface area contributed by atoms with E-state index in [1.165, 1.54) is 12.1 Å². The smallest absolute Gasteiger partial charge is 0.256 e. The van der Waals surface area contributed by atoms with Gasteiger partial charge in [-0.1, -0.05) is 23.2 Å². The summed E-state index contributed by atoms with van der Waals surface area (Å²) in [4.78, 5) is 17.6. The number of anilines is 2. The molecule has 1 aliphatic rings. The number of H-pyrrole nitrogens is 1. The molecule has 0 aliphatic carbocycles. The van der Waals surface area contributed by atoms with Gasteiger partial charge >= 0.3 is 0 Å². The molecule has 37 heavy (non-hydrogen) atoms. The lowest BCUT2D eigenvalue weighted by atomic mass is 10.1. The molecule has 0 bridgehead atoms. The minimum atomic E-state index is -0.614. The van der Waals surface area contributed by atoms with Gasteiger partial charge in [0.15, 0.2) is 5.82 Å². The Kier molecular flexibility index (Phi) is 7.24. The maximum Gasteiger partial charge on any atom is 0.256 e. The third-order valence-corrected chi connectivity index (χ3v) is 7.28. The SMILES string of the molecule is C[C@@H](Oc1ccc2[nH]nc(NC(=O)c3ccc(N4CCN(C)CC4)cc3)c2c1)c1c(Cl)ccc(F)c1Cl. The molecular weight excluding hydrogens is 516 g/mol. The zero-order valence-corrected chi connectivity index (χ0v) is 21.9. The van der Waals surface area contributed by atoms with Crippen LogP contribution in [0.5, 0.6) is 5.75 Å². The number of nitrogens with one attached hydrogen (secondary N) is 2. The molecule has 1 saturated heterocycles. The highest BCUT2D eigenvalue weighted by molar-refractivity contribution is 6.36. The molecule has 2 N–H and O–H groups in total. The summed E-state index contributed by atoms with van der Waals surface area (Å²) in [5.74, 6) is 0.0348. The Bertz CT molecular complexity index is 1440. The quantitative estimate of drug-likeness (QED) is 0.286. The number of fused-ring (bicyclic) bond motifs is 1. The average molecular weight is 542 g/mol. The number of hydrogen-bond acceptors (Lipinski definition) is 5. The normalized spacial score (nSPS) is 15.1. The van der Waals surface area contributed by atoms with Gasteiger partial charge in [-0.15, -0.1) is 0 Å². The Hall–Kier alpha value is -3.33. The molecule has 0 saturated carbocycles. The molecule has 192 valence electrons. The fourth-order valence-corrected chi connectivity index (χ4v) is 5.09. The van der Waals surface area contributed by atoms with Crippen molar-refractivity contribution in [2.24, 2.45) is 0 Å². The average Bonchev–Trinajstić information content (AvgIpc) is 3.29. The van der Waals surface area contributed by atoms with Gasteiger partial charge in [-0.3, -0.25) is 9.89 Å². The number of ether oxygens (including phenoxy) is 1. The highest BCUT2D eigenvalue weighted by atomic mass is 35.5. The van der Waals surface area contributed by atoms with Gasteiger partial charge in [0.1, 0.15) is 17.7 Å². The van der Waals surface area contributed by atoms with E-state index in [-0.39, 0.29) is 10.9 Å². The summed E-state index contributed by atoms with van der Waals surface area (Å²) in [6.07, 6.45) is -0.614. The zero-order valence-electron chi connectivity index (χ0n) is 20.4. The molecule has 0 spiro atoms. The zero-order chi connectivity index (χ0) is 26.1. The molecule has 10 heteroatoms. The maximum absolute atomic E-state index is 14.0. The molecule has 1 fully saturated rings. The van der Waals surface area contributed by atoms with Crippen molar-refractivity contribution >= 4 is 51.5 Å². The Labute approximate surface area is 224 Å². The second kappa shape index (κ2) is 10.6. The third-order valence-electron chi connectivity index (χ3n) is 6.56. The van der Waals surface area contributed by atoms with E-state index in [0.717, 1.165) is 37.4 Å². The molecule has 0 unspecified atom stereocenters. The minimum absolute atomic E-state index is 0.0732. The molecule has 4 aromatic rings. The lowest BCUT2D eigenvalue weighted by molar-refractivity contribution is 0.102. The number of benzene rings is 3. The van der Waals surface area contributed by atoms with E-state index in [0.29, 0.717) is 33.1 Å². The molecule has 1 aliphatic heterocycles. The number of aromatic amines is 1. The lowest BCUT2D eigenvalue weighted by Crippen LogP contribution is -2.44. The number of rotatable bonds is 6. The van der Waals surface area contributed by atoms with Crippen LogP contribution in [-0.4, -0.2) is 54.2 Å². The van der Waals surface area contributed by atoms with Crippen molar-refractivity contribution in [2.75, 3.05) is 43.4 Å². The van der Waals surface area contributed by atoms with Crippen LogP contribution in [0.3, 0.4) is 0 Å². The Morgan fingerprint density at radius 3 is 2.54 bits per heavy atom. The topological polar surface area (TPSA) is 73.5 Å². The van der Waals surface area contributed by atoms with Crippen LogP contribution in [0.15, 0.2) is 54.6 Å². The maximum atomic E-state index is 14.0. The van der Waals surface area contributed by atoms with Crippen LogP contribution in [0.25, 0.3) is 10.9 Å². The van der Waals surface area contributed by atoms with E-state index in [9.17, 15) is 9.18 Å². The van der Waals surface area contributed by atoms with Crippen LogP contribution in [0.1, 0.15) is 28.9 Å². The van der Waals surface area contributed by atoms with E-state index in [2.05, 4.69) is 32.4 Å². The highest BCUT2D eigenvalue weighted by Gasteiger charge is 2.20. The van der Waals surface area contributed by atoms with Crippen molar-refractivity contribution in [3.05, 3.63) is 81.6 Å². The van der Waals surface area contributed by atoms with E-state index in [1.54, 1.807) is 25.1 Å². The Morgan fingerprint density at radius 1 is 1.08 bits per heavy atom. The highest BCUT2D eigenvalue weighted by Crippen LogP contribution is 2.36. The van der Waals surface area contributed by atoms with Crippen molar-refractivity contribution < 1.29 is 13.9 Å². The standard InChI is InChI=1S/C27H26Cl2FN5O2/c1-16(24-21(28)8-9-22(30)25(24)29)37-19-7-10-23-20(15-19)26(33-32-23)31-27(36)17-3-5-18(6-4-17)35-13-11-34(2)12-14-35/h3-10,15-16H,11-14H2,1-2H3,(H2,31,32,33,36)/t16-/m1/s1. The van der Waals surface area contributed by atoms with Crippen molar-refractivity contribution in [2.45, 2.75) is 13.0 Å². The first-order chi connectivity index (χ1) is 17.8. The van der Waals surface area contributed by atoms with Gasteiger partial charge in [0, 0.05) is 53.4 Å². The molecule has 3 aromatic carbocycles. The minimum Gasteiger partial charge on any atom is -0.486 e. The molecule has 7 nitrogen and oxygen atoms in total. The van der Waals surface area contributed by atoms with Crippen molar-refractivity contribution in [3.63, 3.8) is 0 Å². The van der Waals surface area contributed by atoms with Crippen LogP contribution in [-0.2, 0) is 0 Å². The number of carbonyl (C=O) groups excluding carboxylic acids is 1. The van der Waals surface area contributed by atoms with E-state index in [1.807, 2.05) is 24.3 Å². The first-order valence-corrected chi connectivity index (χ1v) is 12.7. The van der Waals surface area contributed by atoms with Gasteiger partial charge in [0.25, 0.3) is 5.91 Å². The van der Waals surface area contributed by atoms with Gasteiger partial charge in [0.2, 0.25) is 0 Å². The molecule has 0 radical (unpaired) electrons. The molecule has 1 amide bonds. The summed E-state index contributed by atoms with van der Waals surface area (Å²) in [6.45, 7) is 5.69. The summed E-state index contributed by atoms with van der Waals surface area (Å²) in [6, 6.07) is 15.5. The van der Waals surface area contributed by atoms with Crippen LogP contribution in [0, 0.1) is 5.82 Å². The van der Waals surface area contributed by atoms with Crippen molar-refractivity contribution in [1.82, 2.24) is 15.1 Å². The third kappa shape index (κ3) is 5.37. The van der Waals surface area contributed by atoms with Crippen LogP contribution < -0.4 is 15.0 Å². The number of amides is 1. The number of likely N-dealkylation sites (N-methyl/N-ethyl adjacent to an activating group) is 1. The van der Waals surface area contributed by atoms with Gasteiger partial charge < -0.3 is 19.9 Å². The van der Waals surface area contributed by atoms with E-state index >= 15 is 0 Å². The monoisotopic (exact) mass is 541 g/mol. The molecule has 1 atom stereocenters. The van der Waals surface area contributed by atoms with Crippen LogP contribution in [0.2, 0.25) is 10.0 Å². The van der Waals surface area contributed by atoms with Gasteiger partial charge in [-0.2, -0.15) is 5.10 Å². The molecule has 2 heterocycles. The van der Waals surface area contributed by atoms with E-state index in [4.69, 9.17) is 27.9 Å². The molecule has 1 aromatic heterocycles. The number of halogens is 3. The predicted octanol–water partition coefficient (Wildman–Crippen LogP) is 6.15. The number of carbonyl (C=O) groups is 1. The number of piperazine rings is 1. The van der Waals surface area contributed by atoms with Crippen LogP contribution >= 0.6 is 23.2 Å². The largest absolute Gasteiger partial charge is 0.486 e. The number of nitrogens with zero attached hydrogens (tertiary/aromatic N) is 3. The molecule has 5 rings (SSSR count). The lowest BCUT2D eigenvalue weighted by Gasteiger charge is -2.34. The second-order valence-electron chi connectivity index (χ2n) is 9.09. The summed E-state index contributed by atoms with van der Waals surface area (Å²) in [7, 11) is 2.12. The van der Waals surface area contributed by atoms with Crippen LogP contribution in [0.4, 0.5) is 15.9 Å². The summed E-state index contributed by atoms with van der Waals surface area (Å²) >= 11 is 12.4. The Balaban J connectivity index is 1.31. The van der Waals surface area contributed by atoms with Gasteiger partial charge in [-0.05, 0) is 68.6 Å². The number of aromatic nitrogens is 2. The molecular formula is C27H26Cl2FN5O2. The van der Waals surface area contributed by atoms with E-state index < -0.39 is 11.9 Å². The predicted molar refractivity (Wildman–Crippen MR) is 146 cm³/mol.